The van der Waals surface area contributed by atoms with Gasteiger partial charge in [0.15, 0.2) is 0 Å². The van der Waals surface area contributed by atoms with E-state index in [1.165, 1.54) is 12.8 Å². The van der Waals surface area contributed by atoms with Crippen LogP contribution in [0, 0.1) is 5.92 Å². The molecule has 1 aliphatic carbocycles. The molecule has 2 aliphatic rings. The lowest BCUT2D eigenvalue weighted by Gasteiger charge is -2.36. The Balaban J connectivity index is 1.46. The molecule has 0 bridgehead atoms. The van der Waals surface area contributed by atoms with Crippen LogP contribution in [0.15, 0.2) is 24.3 Å². The van der Waals surface area contributed by atoms with E-state index in [-0.39, 0.29) is 0 Å². The van der Waals surface area contributed by atoms with Crippen molar-refractivity contribution in [3.8, 4) is 5.75 Å². The van der Waals surface area contributed by atoms with Crippen LogP contribution in [-0.2, 0) is 4.74 Å². The van der Waals surface area contributed by atoms with Gasteiger partial charge < -0.3 is 14.6 Å². The topological polar surface area (TPSA) is 41.9 Å². The Morgan fingerprint density at radius 1 is 1.33 bits per heavy atom. The van der Waals surface area contributed by atoms with E-state index in [0.717, 1.165) is 31.4 Å². The molecule has 3 rings (SSSR count). The zero-order chi connectivity index (χ0) is 14.7. The standard InChI is InChI=1S/C16H22ClNO3/c17-13-3-5-15(6-4-13)21-10-14(19)9-18-7-8-20-11-16(18)12-1-2-12/h3-6,12,14,16,19H,1-2,7-11H2. The summed E-state index contributed by atoms with van der Waals surface area (Å²) in [6.45, 7) is 3.41. The van der Waals surface area contributed by atoms with Crippen molar-refractivity contribution in [2.24, 2.45) is 5.92 Å². The van der Waals surface area contributed by atoms with Crippen LogP contribution in [0.2, 0.25) is 5.02 Å². The number of aliphatic hydroxyl groups is 1. The lowest BCUT2D eigenvalue weighted by atomic mass is 10.1. The number of rotatable bonds is 6. The third-order valence-corrected chi connectivity index (χ3v) is 4.40. The van der Waals surface area contributed by atoms with Crippen molar-refractivity contribution in [1.29, 1.82) is 0 Å². The van der Waals surface area contributed by atoms with Crippen molar-refractivity contribution in [2.75, 3.05) is 32.9 Å². The predicted molar refractivity (Wildman–Crippen MR) is 81.9 cm³/mol. The lowest BCUT2D eigenvalue weighted by Crippen LogP contribution is -2.50. The van der Waals surface area contributed by atoms with Crippen LogP contribution in [0.3, 0.4) is 0 Å². The molecule has 21 heavy (non-hydrogen) atoms. The summed E-state index contributed by atoms with van der Waals surface area (Å²) in [5.41, 5.74) is 0. The second-order valence-corrected chi connectivity index (χ2v) is 6.33. The molecule has 0 amide bonds. The maximum absolute atomic E-state index is 10.2. The molecule has 4 nitrogen and oxygen atoms in total. The van der Waals surface area contributed by atoms with Gasteiger partial charge in [0.25, 0.3) is 0 Å². The molecule has 1 aromatic rings. The number of ether oxygens (including phenoxy) is 2. The fourth-order valence-corrected chi connectivity index (χ4v) is 2.97. The number of nitrogens with zero attached hydrogens (tertiary/aromatic N) is 1. The zero-order valence-corrected chi connectivity index (χ0v) is 12.8. The molecule has 1 saturated heterocycles. The Morgan fingerprint density at radius 3 is 2.81 bits per heavy atom. The Kier molecular flexibility index (Phi) is 5.01. The van der Waals surface area contributed by atoms with Gasteiger partial charge in [-0.15, -0.1) is 0 Å². The maximum atomic E-state index is 10.2. The van der Waals surface area contributed by atoms with Gasteiger partial charge in [-0.05, 0) is 43.0 Å². The van der Waals surface area contributed by atoms with Gasteiger partial charge in [-0.2, -0.15) is 0 Å². The average Bonchev–Trinajstić information content (AvgIpc) is 3.32. The summed E-state index contributed by atoms with van der Waals surface area (Å²) in [5.74, 6) is 1.49. The fourth-order valence-electron chi connectivity index (χ4n) is 2.85. The number of hydrogen-bond donors (Lipinski definition) is 1. The molecule has 2 unspecified atom stereocenters. The van der Waals surface area contributed by atoms with Crippen LogP contribution in [0.5, 0.6) is 5.75 Å². The van der Waals surface area contributed by atoms with Gasteiger partial charge in [0.2, 0.25) is 0 Å². The van der Waals surface area contributed by atoms with E-state index in [9.17, 15) is 5.11 Å². The van der Waals surface area contributed by atoms with E-state index in [1.54, 1.807) is 12.1 Å². The number of hydrogen-bond acceptors (Lipinski definition) is 4. The minimum atomic E-state index is -0.486. The molecule has 1 aliphatic heterocycles. The first kappa shape index (κ1) is 15.1. The summed E-state index contributed by atoms with van der Waals surface area (Å²) >= 11 is 5.83. The number of benzene rings is 1. The normalized spacial score (nSPS) is 24.8. The first-order valence-electron chi connectivity index (χ1n) is 7.60. The van der Waals surface area contributed by atoms with Crippen molar-refractivity contribution in [2.45, 2.75) is 25.0 Å². The Labute approximate surface area is 130 Å². The summed E-state index contributed by atoms with van der Waals surface area (Å²) in [6.07, 6.45) is 2.10. The van der Waals surface area contributed by atoms with Crippen LogP contribution in [0.25, 0.3) is 0 Å². The summed E-state index contributed by atoms with van der Waals surface area (Å²) < 4.78 is 11.2. The minimum absolute atomic E-state index is 0.302. The van der Waals surface area contributed by atoms with Gasteiger partial charge in [0, 0.05) is 24.2 Å². The molecule has 0 radical (unpaired) electrons. The first-order chi connectivity index (χ1) is 10.2. The van der Waals surface area contributed by atoms with E-state index in [2.05, 4.69) is 4.90 Å². The fraction of sp³-hybridized carbons (Fsp3) is 0.625. The minimum Gasteiger partial charge on any atom is -0.491 e. The number of morpholine rings is 1. The van der Waals surface area contributed by atoms with Crippen LogP contribution in [0.4, 0.5) is 0 Å². The molecule has 1 heterocycles. The second-order valence-electron chi connectivity index (χ2n) is 5.89. The van der Waals surface area contributed by atoms with E-state index in [1.807, 2.05) is 12.1 Å². The third-order valence-electron chi connectivity index (χ3n) is 4.15. The van der Waals surface area contributed by atoms with E-state index < -0.39 is 6.10 Å². The summed E-state index contributed by atoms with van der Waals surface area (Å²) in [6, 6.07) is 7.68. The van der Waals surface area contributed by atoms with Crippen LogP contribution >= 0.6 is 11.6 Å². The van der Waals surface area contributed by atoms with Gasteiger partial charge in [0.05, 0.1) is 13.2 Å². The largest absolute Gasteiger partial charge is 0.491 e. The smallest absolute Gasteiger partial charge is 0.119 e. The average molecular weight is 312 g/mol. The lowest BCUT2D eigenvalue weighted by molar-refractivity contribution is -0.0392. The quantitative estimate of drug-likeness (QED) is 0.874. The number of aliphatic hydroxyl groups excluding tert-OH is 1. The maximum Gasteiger partial charge on any atom is 0.119 e. The monoisotopic (exact) mass is 311 g/mol. The Bertz CT molecular complexity index is 449. The molecule has 5 heteroatoms. The SMILES string of the molecule is OC(COc1ccc(Cl)cc1)CN1CCOCC1C1CC1. The van der Waals surface area contributed by atoms with Gasteiger partial charge in [-0.1, -0.05) is 11.6 Å². The van der Waals surface area contributed by atoms with Crippen LogP contribution < -0.4 is 4.74 Å². The molecule has 116 valence electrons. The molecular weight excluding hydrogens is 290 g/mol. The Hall–Kier alpha value is -0.810. The Morgan fingerprint density at radius 2 is 2.10 bits per heavy atom. The third kappa shape index (κ3) is 4.33. The summed E-state index contributed by atoms with van der Waals surface area (Å²) in [5, 5.41) is 10.9. The summed E-state index contributed by atoms with van der Waals surface area (Å²) in [7, 11) is 0. The van der Waals surface area contributed by atoms with Crippen molar-refractivity contribution in [1.82, 2.24) is 4.90 Å². The first-order valence-corrected chi connectivity index (χ1v) is 7.98. The van der Waals surface area contributed by atoms with Gasteiger partial charge in [-0.25, -0.2) is 0 Å². The highest BCUT2D eigenvalue weighted by Gasteiger charge is 2.37. The highest BCUT2D eigenvalue weighted by atomic mass is 35.5. The number of halogens is 1. The summed E-state index contributed by atoms with van der Waals surface area (Å²) in [4.78, 5) is 2.36. The van der Waals surface area contributed by atoms with E-state index >= 15 is 0 Å². The van der Waals surface area contributed by atoms with Crippen molar-refractivity contribution < 1.29 is 14.6 Å². The molecule has 0 spiro atoms. The van der Waals surface area contributed by atoms with Gasteiger partial charge in [-0.3, -0.25) is 4.90 Å². The van der Waals surface area contributed by atoms with Crippen molar-refractivity contribution >= 4 is 11.6 Å². The van der Waals surface area contributed by atoms with Crippen LogP contribution in [0.1, 0.15) is 12.8 Å². The highest BCUT2D eigenvalue weighted by Crippen LogP contribution is 2.36. The molecule has 1 aromatic carbocycles. The van der Waals surface area contributed by atoms with Gasteiger partial charge >= 0.3 is 0 Å². The molecule has 0 aromatic heterocycles. The molecule has 1 saturated carbocycles. The zero-order valence-electron chi connectivity index (χ0n) is 12.1. The second kappa shape index (κ2) is 6.97. The molecule has 2 atom stereocenters. The van der Waals surface area contributed by atoms with E-state index in [0.29, 0.717) is 24.2 Å². The molecule has 2 fully saturated rings. The molecule has 1 N–H and O–H groups in total. The van der Waals surface area contributed by atoms with Crippen molar-refractivity contribution in [3.63, 3.8) is 0 Å². The van der Waals surface area contributed by atoms with Crippen LogP contribution in [-0.4, -0.2) is 55.1 Å². The van der Waals surface area contributed by atoms with E-state index in [4.69, 9.17) is 21.1 Å². The predicted octanol–water partition coefficient (Wildman–Crippen LogP) is 2.19. The number of β-amino-alcohol motifs (C(OH)–C–C–N with tert-alkyl or cyclic N) is 1. The molecular formula is C16H22ClNO3. The highest BCUT2D eigenvalue weighted by molar-refractivity contribution is 6.30. The van der Waals surface area contributed by atoms with Crippen molar-refractivity contribution in [3.05, 3.63) is 29.3 Å². The van der Waals surface area contributed by atoms with Gasteiger partial charge in [0.1, 0.15) is 18.5 Å².